The van der Waals surface area contributed by atoms with E-state index in [0.717, 1.165) is 5.56 Å². The molecular formula is C14H12N2O. The van der Waals surface area contributed by atoms with Crippen LogP contribution >= 0.6 is 0 Å². The van der Waals surface area contributed by atoms with Gasteiger partial charge in [-0.05, 0) is 42.8 Å². The molecule has 2 aromatic carbocycles. The van der Waals surface area contributed by atoms with Gasteiger partial charge in [-0.2, -0.15) is 5.26 Å². The van der Waals surface area contributed by atoms with E-state index in [9.17, 15) is 0 Å². The van der Waals surface area contributed by atoms with Crippen LogP contribution in [0.15, 0.2) is 42.5 Å². The van der Waals surface area contributed by atoms with Gasteiger partial charge in [-0.25, -0.2) is 0 Å². The summed E-state index contributed by atoms with van der Waals surface area (Å²) in [6.07, 6.45) is 0. The van der Waals surface area contributed by atoms with Crippen molar-refractivity contribution in [1.29, 1.82) is 5.26 Å². The van der Waals surface area contributed by atoms with Crippen LogP contribution in [0, 0.1) is 18.3 Å². The van der Waals surface area contributed by atoms with E-state index in [4.69, 9.17) is 15.7 Å². The molecule has 0 aliphatic rings. The Balaban J connectivity index is 2.32. The van der Waals surface area contributed by atoms with E-state index in [1.807, 2.05) is 25.1 Å². The average Bonchev–Trinajstić information content (AvgIpc) is 2.34. The summed E-state index contributed by atoms with van der Waals surface area (Å²) in [7, 11) is 0. The minimum atomic E-state index is 0.594. The maximum Gasteiger partial charge on any atom is 0.150 e. The first-order valence-corrected chi connectivity index (χ1v) is 5.24. The molecule has 3 nitrogen and oxygen atoms in total. The van der Waals surface area contributed by atoms with Crippen LogP contribution < -0.4 is 10.5 Å². The highest BCUT2D eigenvalue weighted by molar-refractivity contribution is 5.54. The summed E-state index contributed by atoms with van der Waals surface area (Å²) >= 11 is 0. The Kier molecular flexibility index (Phi) is 2.97. The Bertz CT molecular complexity index is 585. The van der Waals surface area contributed by atoms with Gasteiger partial charge in [0.15, 0.2) is 0 Å². The Morgan fingerprint density at radius 3 is 2.53 bits per heavy atom. The molecule has 0 spiro atoms. The fourth-order valence-electron chi connectivity index (χ4n) is 1.53. The first-order valence-electron chi connectivity index (χ1n) is 5.24. The van der Waals surface area contributed by atoms with Crippen molar-refractivity contribution in [3.05, 3.63) is 53.6 Å². The lowest BCUT2D eigenvalue weighted by Crippen LogP contribution is -1.93. The van der Waals surface area contributed by atoms with Gasteiger partial charge in [-0.1, -0.05) is 12.1 Å². The van der Waals surface area contributed by atoms with E-state index in [1.54, 1.807) is 24.3 Å². The van der Waals surface area contributed by atoms with E-state index in [0.29, 0.717) is 22.7 Å². The van der Waals surface area contributed by atoms with E-state index >= 15 is 0 Å². The number of nitriles is 1. The number of hydrogen-bond donors (Lipinski definition) is 1. The molecule has 0 aromatic heterocycles. The van der Waals surface area contributed by atoms with E-state index in [2.05, 4.69) is 6.07 Å². The van der Waals surface area contributed by atoms with Crippen LogP contribution in [0.5, 0.6) is 11.5 Å². The van der Waals surface area contributed by atoms with Gasteiger partial charge in [0.05, 0.1) is 17.3 Å². The van der Waals surface area contributed by atoms with Crippen molar-refractivity contribution in [1.82, 2.24) is 0 Å². The van der Waals surface area contributed by atoms with Crippen LogP contribution in [0.2, 0.25) is 0 Å². The van der Waals surface area contributed by atoms with Crippen molar-refractivity contribution in [3.8, 4) is 17.6 Å². The van der Waals surface area contributed by atoms with Gasteiger partial charge in [0.2, 0.25) is 0 Å². The second-order valence-corrected chi connectivity index (χ2v) is 3.73. The maximum atomic E-state index is 8.78. The van der Waals surface area contributed by atoms with Crippen LogP contribution in [0.25, 0.3) is 0 Å². The topological polar surface area (TPSA) is 59.0 Å². The van der Waals surface area contributed by atoms with E-state index < -0.39 is 0 Å². The predicted molar refractivity (Wildman–Crippen MR) is 66.8 cm³/mol. The number of ether oxygens (including phenoxy) is 1. The minimum absolute atomic E-state index is 0.594. The molecule has 0 aliphatic carbocycles. The number of nitrogens with two attached hydrogens (primary N) is 1. The molecule has 0 radical (unpaired) electrons. The molecule has 0 aliphatic heterocycles. The monoisotopic (exact) mass is 224 g/mol. The highest BCUT2D eigenvalue weighted by Gasteiger charge is 2.04. The number of para-hydroxylation sites is 2. The number of benzene rings is 2. The summed E-state index contributed by atoms with van der Waals surface area (Å²) in [6, 6.07) is 14.7. The lowest BCUT2D eigenvalue weighted by molar-refractivity contribution is 0.481. The van der Waals surface area contributed by atoms with Crippen LogP contribution in [0.4, 0.5) is 5.69 Å². The Morgan fingerprint density at radius 2 is 1.88 bits per heavy atom. The van der Waals surface area contributed by atoms with Gasteiger partial charge >= 0.3 is 0 Å². The third-order valence-electron chi connectivity index (χ3n) is 2.44. The van der Waals surface area contributed by atoms with Gasteiger partial charge in [-0.15, -0.1) is 0 Å². The number of hydrogen-bond acceptors (Lipinski definition) is 3. The van der Waals surface area contributed by atoms with Crippen LogP contribution in [-0.2, 0) is 0 Å². The van der Waals surface area contributed by atoms with Crippen LogP contribution in [0.1, 0.15) is 11.1 Å². The van der Waals surface area contributed by atoms with Crippen molar-refractivity contribution in [2.24, 2.45) is 0 Å². The van der Waals surface area contributed by atoms with Crippen molar-refractivity contribution >= 4 is 5.69 Å². The summed E-state index contributed by atoms with van der Waals surface area (Å²) in [5.74, 6) is 1.34. The van der Waals surface area contributed by atoms with Crippen molar-refractivity contribution in [2.75, 3.05) is 5.73 Å². The molecular weight excluding hydrogens is 212 g/mol. The lowest BCUT2D eigenvalue weighted by Gasteiger charge is -2.10. The van der Waals surface area contributed by atoms with E-state index in [1.165, 1.54) is 0 Å². The fourth-order valence-corrected chi connectivity index (χ4v) is 1.53. The highest BCUT2D eigenvalue weighted by Crippen LogP contribution is 2.29. The molecule has 0 saturated heterocycles. The summed E-state index contributed by atoms with van der Waals surface area (Å²) in [4.78, 5) is 0. The number of rotatable bonds is 2. The molecule has 0 heterocycles. The zero-order valence-electron chi connectivity index (χ0n) is 9.47. The number of nitrogen functional groups attached to an aromatic ring is 1. The zero-order valence-corrected chi connectivity index (χ0v) is 9.47. The summed E-state index contributed by atoms with van der Waals surface area (Å²) < 4.78 is 5.70. The molecule has 84 valence electrons. The molecule has 0 amide bonds. The third-order valence-corrected chi connectivity index (χ3v) is 2.44. The SMILES string of the molecule is Cc1cc(C#N)ccc1Oc1ccccc1N. The Morgan fingerprint density at radius 1 is 1.12 bits per heavy atom. The molecule has 17 heavy (non-hydrogen) atoms. The summed E-state index contributed by atoms with van der Waals surface area (Å²) in [5, 5.41) is 8.78. The average molecular weight is 224 g/mol. The number of aryl methyl sites for hydroxylation is 1. The number of nitrogens with zero attached hydrogens (tertiary/aromatic N) is 1. The minimum Gasteiger partial charge on any atom is -0.455 e. The highest BCUT2D eigenvalue weighted by atomic mass is 16.5. The van der Waals surface area contributed by atoms with Gasteiger partial charge in [0, 0.05) is 0 Å². The van der Waals surface area contributed by atoms with Crippen LogP contribution in [0.3, 0.4) is 0 Å². The lowest BCUT2D eigenvalue weighted by atomic mass is 10.1. The smallest absolute Gasteiger partial charge is 0.150 e. The van der Waals surface area contributed by atoms with Crippen molar-refractivity contribution in [3.63, 3.8) is 0 Å². The maximum absolute atomic E-state index is 8.78. The molecule has 2 rings (SSSR count). The normalized spacial score (nSPS) is 9.65. The molecule has 2 aromatic rings. The van der Waals surface area contributed by atoms with Crippen molar-refractivity contribution < 1.29 is 4.74 Å². The second-order valence-electron chi connectivity index (χ2n) is 3.73. The summed E-state index contributed by atoms with van der Waals surface area (Å²) in [6.45, 7) is 1.90. The molecule has 0 unspecified atom stereocenters. The first-order chi connectivity index (χ1) is 8.20. The number of anilines is 1. The van der Waals surface area contributed by atoms with E-state index in [-0.39, 0.29) is 0 Å². The second kappa shape index (κ2) is 4.58. The first kappa shape index (κ1) is 11.0. The molecule has 0 atom stereocenters. The standard InChI is InChI=1S/C14H12N2O/c1-10-8-11(9-15)6-7-13(10)17-14-5-3-2-4-12(14)16/h2-8H,16H2,1H3. The quantitative estimate of drug-likeness (QED) is 0.796. The molecule has 3 heteroatoms. The molecule has 0 fully saturated rings. The molecule has 0 saturated carbocycles. The van der Waals surface area contributed by atoms with Gasteiger partial charge < -0.3 is 10.5 Å². The van der Waals surface area contributed by atoms with Gasteiger partial charge in [-0.3, -0.25) is 0 Å². The third kappa shape index (κ3) is 2.37. The van der Waals surface area contributed by atoms with Gasteiger partial charge in [0.1, 0.15) is 11.5 Å². The van der Waals surface area contributed by atoms with Gasteiger partial charge in [0.25, 0.3) is 0 Å². The molecule has 2 N–H and O–H groups in total. The Labute approximate surface area is 100 Å². The fraction of sp³-hybridized carbons (Fsp3) is 0.0714. The zero-order chi connectivity index (χ0) is 12.3. The van der Waals surface area contributed by atoms with Crippen LogP contribution in [-0.4, -0.2) is 0 Å². The Hall–Kier alpha value is -2.47. The largest absolute Gasteiger partial charge is 0.455 e. The van der Waals surface area contributed by atoms with Crippen molar-refractivity contribution in [2.45, 2.75) is 6.92 Å². The predicted octanol–water partition coefficient (Wildman–Crippen LogP) is 3.24. The molecule has 0 bridgehead atoms. The summed E-state index contributed by atoms with van der Waals surface area (Å²) in [5.41, 5.74) is 7.92.